The first kappa shape index (κ1) is 21.5. The SMILES string of the molecule is COC(=O)[C@H](CCCN=C(N)N[N+](=O)[O-])C1C(=O)CC2C1=CC(=O)CC2(C)C. The van der Waals surface area contributed by atoms with Crippen LogP contribution in [-0.2, 0) is 19.1 Å². The van der Waals surface area contributed by atoms with E-state index >= 15 is 0 Å². The second-order valence-corrected chi connectivity index (χ2v) is 7.88. The number of allylic oxidation sites excluding steroid dienone is 2. The summed E-state index contributed by atoms with van der Waals surface area (Å²) in [6, 6.07) is 0. The molecule has 2 rings (SSSR count). The van der Waals surface area contributed by atoms with Gasteiger partial charge in [0.15, 0.2) is 10.8 Å². The second-order valence-electron chi connectivity index (χ2n) is 7.88. The standard InChI is InChI=1S/C18H26N4O6/c1-18(2)9-10(23)7-12-13(18)8-14(24)15(12)11(16(25)28-3)5-4-6-20-17(19)21-22(26)27/h7,11,13,15H,4-6,8-9H2,1-3H3,(H3,19,20,21)/t11-,13?,15?/m1/s1. The molecular weight excluding hydrogens is 368 g/mol. The number of nitrogens with one attached hydrogen (secondary N) is 1. The number of aliphatic imine (C=N–C) groups is 1. The maximum Gasteiger partial charge on any atom is 0.309 e. The number of nitro groups is 1. The highest BCUT2D eigenvalue weighted by Gasteiger charge is 2.51. The van der Waals surface area contributed by atoms with Crippen molar-refractivity contribution < 1.29 is 24.2 Å². The predicted octanol–water partition coefficient (Wildman–Crippen LogP) is 0.782. The van der Waals surface area contributed by atoms with Gasteiger partial charge in [0.05, 0.1) is 18.9 Å². The third-order valence-corrected chi connectivity index (χ3v) is 5.48. The van der Waals surface area contributed by atoms with Crippen molar-refractivity contribution in [2.24, 2.45) is 33.9 Å². The van der Waals surface area contributed by atoms with Crippen molar-refractivity contribution in [3.63, 3.8) is 0 Å². The van der Waals surface area contributed by atoms with Crippen molar-refractivity contribution in [3.8, 4) is 0 Å². The van der Waals surface area contributed by atoms with Crippen LogP contribution < -0.4 is 11.2 Å². The summed E-state index contributed by atoms with van der Waals surface area (Å²) < 4.78 is 4.90. The summed E-state index contributed by atoms with van der Waals surface area (Å²) in [5.41, 5.74) is 7.48. The second kappa shape index (κ2) is 8.49. The van der Waals surface area contributed by atoms with Crippen molar-refractivity contribution in [2.45, 2.75) is 39.5 Å². The molecule has 0 aromatic heterocycles. The Labute approximate surface area is 162 Å². The number of hydrogen-bond acceptors (Lipinski definition) is 7. The highest BCUT2D eigenvalue weighted by atomic mass is 16.7. The van der Waals surface area contributed by atoms with Gasteiger partial charge in [-0.1, -0.05) is 24.8 Å². The van der Waals surface area contributed by atoms with Crippen molar-refractivity contribution in [2.75, 3.05) is 13.7 Å². The molecule has 2 aliphatic rings. The summed E-state index contributed by atoms with van der Waals surface area (Å²) in [4.78, 5) is 51.4. The molecule has 154 valence electrons. The van der Waals surface area contributed by atoms with E-state index < -0.39 is 22.8 Å². The monoisotopic (exact) mass is 394 g/mol. The van der Waals surface area contributed by atoms with E-state index in [1.54, 1.807) is 5.43 Å². The predicted molar refractivity (Wildman–Crippen MR) is 99.5 cm³/mol. The van der Waals surface area contributed by atoms with Crippen LogP contribution in [-0.4, -0.2) is 42.2 Å². The first-order valence-electron chi connectivity index (χ1n) is 9.12. The molecule has 10 heteroatoms. The number of ketones is 2. The third-order valence-electron chi connectivity index (χ3n) is 5.48. The molecular formula is C18H26N4O6. The lowest BCUT2D eigenvalue weighted by Gasteiger charge is -2.36. The van der Waals surface area contributed by atoms with Gasteiger partial charge in [-0.3, -0.25) is 14.4 Å². The molecule has 0 amide bonds. The Kier molecular flexibility index (Phi) is 6.52. The number of rotatable bonds is 7. The Bertz CT molecular complexity index is 742. The van der Waals surface area contributed by atoms with Crippen LogP contribution in [0.1, 0.15) is 39.5 Å². The van der Waals surface area contributed by atoms with E-state index in [-0.39, 0.29) is 41.8 Å². The Morgan fingerprint density at radius 2 is 2.18 bits per heavy atom. The molecule has 0 aromatic carbocycles. The molecule has 2 aliphatic carbocycles. The smallest absolute Gasteiger partial charge is 0.309 e. The van der Waals surface area contributed by atoms with Crippen molar-refractivity contribution in [1.82, 2.24) is 5.43 Å². The van der Waals surface area contributed by atoms with Crippen molar-refractivity contribution >= 4 is 23.5 Å². The number of hydrogen-bond donors (Lipinski definition) is 2. The van der Waals surface area contributed by atoms with E-state index in [0.29, 0.717) is 19.3 Å². The molecule has 3 N–H and O–H groups in total. The van der Waals surface area contributed by atoms with Crippen LogP contribution in [0.15, 0.2) is 16.6 Å². The number of ether oxygens (including phenoxy) is 1. The fraction of sp³-hybridized carbons (Fsp3) is 0.667. The maximum atomic E-state index is 12.8. The van der Waals surface area contributed by atoms with Gasteiger partial charge in [-0.2, -0.15) is 0 Å². The van der Waals surface area contributed by atoms with E-state index in [1.165, 1.54) is 13.2 Å². The van der Waals surface area contributed by atoms with Gasteiger partial charge < -0.3 is 10.5 Å². The summed E-state index contributed by atoms with van der Waals surface area (Å²) in [6.07, 6.45) is 2.87. The van der Waals surface area contributed by atoms with Crippen molar-refractivity contribution in [3.05, 3.63) is 21.8 Å². The number of hydrazine groups is 1. The molecule has 0 spiro atoms. The molecule has 28 heavy (non-hydrogen) atoms. The van der Waals surface area contributed by atoms with Crippen LogP contribution in [0.2, 0.25) is 0 Å². The molecule has 1 fully saturated rings. The van der Waals surface area contributed by atoms with E-state index in [2.05, 4.69) is 4.99 Å². The average molecular weight is 394 g/mol. The largest absolute Gasteiger partial charge is 0.469 e. The minimum absolute atomic E-state index is 0.0391. The number of guanidine groups is 1. The maximum absolute atomic E-state index is 12.8. The van der Waals surface area contributed by atoms with Gasteiger partial charge in [-0.25, -0.2) is 15.1 Å². The summed E-state index contributed by atoms with van der Waals surface area (Å²) in [7, 11) is 1.26. The Morgan fingerprint density at radius 3 is 2.79 bits per heavy atom. The molecule has 0 heterocycles. The number of fused-ring (bicyclic) bond motifs is 1. The molecule has 0 aliphatic heterocycles. The van der Waals surface area contributed by atoms with Gasteiger partial charge in [0.2, 0.25) is 0 Å². The topological polar surface area (TPSA) is 154 Å². The molecule has 0 radical (unpaired) electrons. The van der Waals surface area contributed by atoms with Gasteiger partial charge in [0, 0.05) is 19.4 Å². The lowest BCUT2D eigenvalue weighted by molar-refractivity contribution is -0.525. The number of Topliss-reactive ketones (excluding diaryl/α,β-unsaturated/α-hetero) is 1. The first-order chi connectivity index (χ1) is 13.1. The molecule has 3 atom stereocenters. The van der Waals surface area contributed by atoms with E-state index in [1.807, 2.05) is 13.8 Å². The average Bonchev–Trinajstić information content (AvgIpc) is 2.90. The van der Waals surface area contributed by atoms with E-state index in [4.69, 9.17) is 10.5 Å². The lowest BCUT2D eigenvalue weighted by atomic mass is 9.67. The first-order valence-corrected chi connectivity index (χ1v) is 9.12. The number of carbonyl (C=O) groups is 3. The minimum atomic E-state index is -0.818. The van der Waals surface area contributed by atoms with Crippen LogP contribution in [0.4, 0.5) is 0 Å². The highest BCUT2D eigenvalue weighted by molar-refractivity contribution is 5.99. The summed E-state index contributed by atoms with van der Waals surface area (Å²) in [5, 5.41) is 9.49. The van der Waals surface area contributed by atoms with Crippen LogP contribution in [0, 0.1) is 33.3 Å². The molecule has 1 saturated carbocycles. The third kappa shape index (κ3) is 4.73. The summed E-state index contributed by atoms with van der Waals surface area (Å²) in [5.74, 6) is -2.42. The Balaban J connectivity index is 2.16. The highest BCUT2D eigenvalue weighted by Crippen LogP contribution is 2.51. The molecule has 0 aromatic rings. The number of carbonyl (C=O) groups excluding carboxylic acids is 3. The fourth-order valence-corrected chi connectivity index (χ4v) is 4.24. The van der Waals surface area contributed by atoms with Gasteiger partial charge in [-0.15, -0.1) is 0 Å². The van der Waals surface area contributed by atoms with E-state index in [9.17, 15) is 24.5 Å². The Morgan fingerprint density at radius 1 is 1.50 bits per heavy atom. The van der Waals surface area contributed by atoms with Crippen LogP contribution >= 0.6 is 0 Å². The number of methoxy groups -OCH3 is 1. The number of esters is 1. The van der Waals surface area contributed by atoms with Gasteiger partial charge in [0.1, 0.15) is 5.78 Å². The normalized spacial score (nSPS) is 25.0. The summed E-state index contributed by atoms with van der Waals surface area (Å²) >= 11 is 0. The zero-order valence-electron chi connectivity index (χ0n) is 16.3. The quantitative estimate of drug-likeness (QED) is 0.160. The number of nitrogens with two attached hydrogens (primary N) is 1. The van der Waals surface area contributed by atoms with E-state index in [0.717, 1.165) is 5.57 Å². The van der Waals surface area contributed by atoms with Gasteiger partial charge >= 0.3 is 5.97 Å². The Hall–Kier alpha value is -2.78. The van der Waals surface area contributed by atoms with Crippen molar-refractivity contribution in [1.29, 1.82) is 0 Å². The molecule has 0 bridgehead atoms. The molecule has 10 nitrogen and oxygen atoms in total. The zero-order valence-corrected chi connectivity index (χ0v) is 16.3. The van der Waals surface area contributed by atoms with Crippen LogP contribution in [0.25, 0.3) is 0 Å². The zero-order chi connectivity index (χ0) is 21.1. The minimum Gasteiger partial charge on any atom is -0.469 e. The lowest BCUT2D eigenvalue weighted by Crippen LogP contribution is -2.36. The molecule has 2 unspecified atom stereocenters. The molecule has 0 saturated heterocycles. The van der Waals surface area contributed by atoms with Gasteiger partial charge in [-0.05, 0) is 30.3 Å². The van der Waals surface area contributed by atoms with Crippen LogP contribution in [0.3, 0.4) is 0 Å². The summed E-state index contributed by atoms with van der Waals surface area (Å²) in [6.45, 7) is 4.07. The fourth-order valence-electron chi connectivity index (χ4n) is 4.24. The van der Waals surface area contributed by atoms with Gasteiger partial charge in [0.25, 0.3) is 5.96 Å². The number of nitrogens with zero attached hydrogens (tertiary/aromatic N) is 2. The van der Waals surface area contributed by atoms with Crippen LogP contribution in [0.5, 0.6) is 0 Å².